The van der Waals surface area contributed by atoms with Crippen molar-refractivity contribution in [1.29, 1.82) is 0 Å². The van der Waals surface area contributed by atoms with Crippen LogP contribution in [0.1, 0.15) is 31.9 Å². The second kappa shape index (κ2) is 6.80. The number of benzene rings is 1. The molecular weight excluding hydrogens is 274 g/mol. The van der Waals surface area contributed by atoms with Crippen LogP contribution in [0.4, 0.5) is 0 Å². The molecule has 1 aromatic carbocycles. The minimum Gasteiger partial charge on any atom is -0.352 e. The zero-order valence-electron chi connectivity index (χ0n) is 13.6. The highest BCUT2D eigenvalue weighted by Crippen LogP contribution is 2.25. The average Bonchev–Trinajstić information content (AvgIpc) is 2.94. The van der Waals surface area contributed by atoms with Gasteiger partial charge in [-0.1, -0.05) is 37.3 Å². The SMILES string of the molecule is CC(C(=O)NC1CCN(C(C)c2ccccc2)C1)C1CNC1. The van der Waals surface area contributed by atoms with E-state index >= 15 is 0 Å². The fourth-order valence-corrected chi connectivity index (χ4v) is 3.41. The number of nitrogens with one attached hydrogen (secondary N) is 2. The van der Waals surface area contributed by atoms with E-state index in [1.54, 1.807) is 0 Å². The Balaban J connectivity index is 1.50. The van der Waals surface area contributed by atoms with Crippen LogP contribution in [0.5, 0.6) is 0 Å². The van der Waals surface area contributed by atoms with Crippen LogP contribution in [0.3, 0.4) is 0 Å². The lowest BCUT2D eigenvalue weighted by Gasteiger charge is -2.32. The minimum absolute atomic E-state index is 0.127. The molecule has 120 valence electrons. The Labute approximate surface area is 133 Å². The first-order valence-corrected chi connectivity index (χ1v) is 8.45. The van der Waals surface area contributed by atoms with Gasteiger partial charge in [0.25, 0.3) is 0 Å². The van der Waals surface area contributed by atoms with Crippen molar-refractivity contribution in [1.82, 2.24) is 15.5 Å². The predicted molar refractivity (Wildman–Crippen MR) is 88.5 cm³/mol. The Kier molecular flexibility index (Phi) is 4.79. The van der Waals surface area contributed by atoms with Crippen molar-refractivity contribution in [3.05, 3.63) is 35.9 Å². The third-order valence-corrected chi connectivity index (χ3v) is 5.33. The molecule has 22 heavy (non-hydrogen) atoms. The predicted octanol–water partition coefficient (Wildman–Crippen LogP) is 1.79. The van der Waals surface area contributed by atoms with E-state index < -0.39 is 0 Å². The van der Waals surface area contributed by atoms with Crippen LogP contribution in [-0.4, -0.2) is 43.0 Å². The van der Waals surface area contributed by atoms with Gasteiger partial charge in [-0.3, -0.25) is 9.69 Å². The van der Waals surface area contributed by atoms with Crippen LogP contribution in [0, 0.1) is 11.8 Å². The lowest BCUT2D eigenvalue weighted by Crippen LogP contribution is -2.51. The summed E-state index contributed by atoms with van der Waals surface area (Å²) in [5, 5.41) is 6.50. The summed E-state index contributed by atoms with van der Waals surface area (Å²) in [6, 6.07) is 11.3. The van der Waals surface area contributed by atoms with E-state index in [0.29, 0.717) is 18.0 Å². The standard InChI is InChI=1S/C18H27N3O/c1-13(16-10-19-11-16)18(22)20-17-8-9-21(12-17)14(2)15-6-4-3-5-7-15/h3-7,13-14,16-17,19H,8-12H2,1-2H3,(H,20,22). The summed E-state index contributed by atoms with van der Waals surface area (Å²) < 4.78 is 0. The number of rotatable bonds is 5. The molecule has 3 rings (SSSR count). The summed E-state index contributed by atoms with van der Waals surface area (Å²) in [4.78, 5) is 14.8. The molecule has 0 radical (unpaired) electrons. The van der Waals surface area contributed by atoms with Gasteiger partial charge in [0.1, 0.15) is 0 Å². The Morgan fingerprint density at radius 1 is 1.27 bits per heavy atom. The first kappa shape index (κ1) is 15.5. The monoisotopic (exact) mass is 301 g/mol. The number of likely N-dealkylation sites (tertiary alicyclic amines) is 1. The van der Waals surface area contributed by atoms with Gasteiger partial charge in [0.2, 0.25) is 5.91 Å². The van der Waals surface area contributed by atoms with Crippen molar-refractivity contribution in [3.63, 3.8) is 0 Å². The number of hydrogen-bond acceptors (Lipinski definition) is 3. The Morgan fingerprint density at radius 3 is 2.64 bits per heavy atom. The summed E-state index contributed by atoms with van der Waals surface area (Å²) in [7, 11) is 0. The van der Waals surface area contributed by atoms with Crippen molar-refractivity contribution >= 4 is 5.91 Å². The van der Waals surface area contributed by atoms with Gasteiger partial charge in [0.05, 0.1) is 0 Å². The van der Waals surface area contributed by atoms with Crippen molar-refractivity contribution in [2.75, 3.05) is 26.2 Å². The minimum atomic E-state index is 0.127. The highest BCUT2D eigenvalue weighted by molar-refractivity contribution is 5.79. The molecule has 0 saturated carbocycles. The van der Waals surface area contributed by atoms with Gasteiger partial charge in [-0.25, -0.2) is 0 Å². The van der Waals surface area contributed by atoms with Crippen LogP contribution in [-0.2, 0) is 4.79 Å². The molecule has 3 unspecified atom stereocenters. The van der Waals surface area contributed by atoms with Crippen molar-refractivity contribution < 1.29 is 4.79 Å². The molecule has 4 nitrogen and oxygen atoms in total. The lowest BCUT2D eigenvalue weighted by molar-refractivity contribution is -0.127. The van der Waals surface area contributed by atoms with Gasteiger partial charge in [-0.05, 0) is 37.9 Å². The molecule has 0 bridgehead atoms. The van der Waals surface area contributed by atoms with Gasteiger partial charge >= 0.3 is 0 Å². The number of carbonyl (C=O) groups is 1. The van der Waals surface area contributed by atoms with Gasteiger partial charge in [0.15, 0.2) is 0 Å². The van der Waals surface area contributed by atoms with Crippen molar-refractivity contribution in [2.24, 2.45) is 11.8 Å². The van der Waals surface area contributed by atoms with E-state index in [9.17, 15) is 4.79 Å². The first-order valence-electron chi connectivity index (χ1n) is 8.45. The molecule has 0 aromatic heterocycles. The van der Waals surface area contributed by atoms with Gasteiger partial charge in [-0.15, -0.1) is 0 Å². The Morgan fingerprint density at radius 2 is 2.00 bits per heavy atom. The summed E-state index contributed by atoms with van der Waals surface area (Å²) in [5.74, 6) is 0.869. The maximum atomic E-state index is 12.3. The summed E-state index contributed by atoms with van der Waals surface area (Å²) in [5.41, 5.74) is 1.35. The molecule has 2 aliphatic rings. The highest BCUT2D eigenvalue weighted by Gasteiger charge is 2.32. The first-order chi connectivity index (χ1) is 10.6. The Hall–Kier alpha value is -1.39. The van der Waals surface area contributed by atoms with Crippen LogP contribution in [0.15, 0.2) is 30.3 Å². The van der Waals surface area contributed by atoms with E-state index in [1.807, 2.05) is 0 Å². The summed E-state index contributed by atoms with van der Waals surface area (Å²) in [6.45, 7) is 8.28. The van der Waals surface area contributed by atoms with E-state index in [1.165, 1.54) is 5.56 Å². The van der Waals surface area contributed by atoms with Gasteiger partial charge in [-0.2, -0.15) is 0 Å². The molecule has 3 atom stereocenters. The molecule has 1 aromatic rings. The third-order valence-electron chi connectivity index (χ3n) is 5.33. The van der Waals surface area contributed by atoms with E-state index in [0.717, 1.165) is 32.6 Å². The van der Waals surface area contributed by atoms with E-state index in [2.05, 4.69) is 59.7 Å². The molecule has 2 N–H and O–H groups in total. The Bertz CT molecular complexity index is 500. The molecule has 2 fully saturated rings. The lowest BCUT2D eigenvalue weighted by atomic mass is 9.88. The van der Waals surface area contributed by atoms with Gasteiger partial charge in [0, 0.05) is 31.1 Å². The van der Waals surface area contributed by atoms with Crippen LogP contribution >= 0.6 is 0 Å². The fourth-order valence-electron chi connectivity index (χ4n) is 3.41. The van der Waals surface area contributed by atoms with E-state index in [-0.39, 0.29) is 11.8 Å². The van der Waals surface area contributed by atoms with Crippen LogP contribution in [0.2, 0.25) is 0 Å². The fraction of sp³-hybridized carbons (Fsp3) is 0.611. The number of nitrogens with zero attached hydrogens (tertiary/aromatic N) is 1. The summed E-state index contributed by atoms with van der Waals surface area (Å²) >= 11 is 0. The molecule has 0 spiro atoms. The molecule has 4 heteroatoms. The third kappa shape index (κ3) is 3.33. The zero-order valence-corrected chi connectivity index (χ0v) is 13.6. The highest BCUT2D eigenvalue weighted by atomic mass is 16.2. The van der Waals surface area contributed by atoms with Crippen molar-refractivity contribution in [2.45, 2.75) is 32.4 Å². The van der Waals surface area contributed by atoms with Crippen molar-refractivity contribution in [3.8, 4) is 0 Å². The number of amides is 1. The zero-order chi connectivity index (χ0) is 15.5. The smallest absolute Gasteiger partial charge is 0.223 e. The number of hydrogen-bond donors (Lipinski definition) is 2. The van der Waals surface area contributed by atoms with Crippen LogP contribution < -0.4 is 10.6 Å². The molecule has 2 aliphatic heterocycles. The second-order valence-electron chi connectivity index (χ2n) is 6.78. The van der Waals surface area contributed by atoms with E-state index in [4.69, 9.17) is 0 Å². The maximum absolute atomic E-state index is 12.3. The summed E-state index contributed by atoms with van der Waals surface area (Å²) in [6.07, 6.45) is 1.05. The molecule has 2 saturated heterocycles. The topological polar surface area (TPSA) is 44.4 Å². The van der Waals surface area contributed by atoms with Gasteiger partial charge < -0.3 is 10.6 Å². The average molecular weight is 301 g/mol. The molecule has 2 heterocycles. The number of carbonyl (C=O) groups excluding carboxylic acids is 1. The molecular formula is C18H27N3O. The molecule has 0 aliphatic carbocycles. The van der Waals surface area contributed by atoms with Crippen LogP contribution in [0.25, 0.3) is 0 Å². The maximum Gasteiger partial charge on any atom is 0.223 e. The quantitative estimate of drug-likeness (QED) is 0.871. The normalized spacial score (nSPS) is 25.5. The molecule has 1 amide bonds. The largest absolute Gasteiger partial charge is 0.352 e. The second-order valence-corrected chi connectivity index (χ2v) is 6.78.